The van der Waals surface area contributed by atoms with Crippen LogP contribution in [0.1, 0.15) is 12.5 Å². The van der Waals surface area contributed by atoms with Crippen LogP contribution < -0.4 is 14.8 Å². The molecule has 122 valence electrons. The second kappa shape index (κ2) is 6.22. The lowest BCUT2D eigenvalue weighted by Gasteiger charge is -2.24. The number of hydrogen-bond donors (Lipinski definition) is 1. The summed E-state index contributed by atoms with van der Waals surface area (Å²) in [5.41, 5.74) is 2.64. The lowest BCUT2D eigenvalue weighted by molar-refractivity contribution is 0.321. The molecule has 0 fully saturated rings. The van der Waals surface area contributed by atoms with Crippen LogP contribution in [0.25, 0.3) is 0 Å². The van der Waals surface area contributed by atoms with Gasteiger partial charge in [0.15, 0.2) is 0 Å². The lowest BCUT2D eigenvalue weighted by atomic mass is 10.1. The average molecular weight is 332 g/mol. The zero-order chi connectivity index (χ0) is 16.4. The number of para-hydroxylation sites is 1. The maximum atomic E-state index is 11.2. The molecular weight excluding hydrogens is 312 g/mol. The number of benzene rings is 2. The number of primary sulfonamides is 1. The third kappa shape index (κ3) is 3.48. The molecule has 0 aliphatic carbocycles. The molecule has 0 saturated heterocycles. The van der Waals surface area contributed by atoms with Crippen molar-refractivity contribution >= 4 is 15.7 Å². The Morgan fingerprint density at radius 1 is 1.17 bits per heavy atom. The summed E-state index contributed by atoms with van der Waals surface area (Å²) >= 11 is 0. The molecule has 0 radical (unpaired) electrons. The molecule has 0 amide bonds. The molecule has 3 rings (SSSR count). The Kier molecular flexibility index (Phi) is 4.28. The minimum Gasteiger partial charge on any atom is -0.492 e. The zero-order valence-corrected chi connectivity index (χ0v) is 13.8. The SMILES string of the molecule is C[C@@H]1Cc2ccccc2N1CCOc1ccc(S(N)(=O)=O)cc1. The number of anilines is 1. The molecule has 2 N–H and O–H groups in total. The van der Waals surface area contributed by atoms with Crippen LogP contribution in [0.15, 0.2) is 53.4 Å². The van der Waals surface area contributed by atoms with Crippen molar-refractivity contribution in [2.45, 2.75) is 24.3 Å². The minimum absolute atomic E-state index is 0.0898. The molecule has 6 heteroatoms. The fraction of sp³-hybridized carbons (Fsp3) is 0.294. The molecular formula is C17H20N2O3S. The fourth-order valence-electron chi connectivity index (χ4n) is 2.96. The van der Waals surface area contributed by atoms with Gasteiger partial charge >= 0.3 is 0 Å². The van der Waals surface area contributed by atoms with Crippen molar-refractivity contribution < 1.29 is 13.2 Å². The Bertz CT molecular complexity index is 788. The number of rotatable bonds is 5. The number of ether oxygens (including phenoxy) is 1. The quantitative estimate of drug-likeness (QED) is 0.911. The number of sulfonamides is 1. The van der Waals surface area contributed by atoms with Gasteiger partial charge in [-0.2, -0.15) is 0 Å². The Hall–Kier alpha value is -2.05. The van der Waals surface area contributed by atoms with E-state index in [1.165, 1.54) is 23.4 Å². The minimum atomic E-state index is -3.66. The average Bonchev–Trinajstić information content (AvgIpc) is 2.83. The molecule has 0 bridgehead atoms. The number of hydrogen-bond acceptors (Lipinski definition) is 4. The van der Waals surface area contributed by atoms with Gasteiger partial charge in [-0.1, -0.05) is 18.2 Å². The number of nitrogens with zero attached hydrogens (tertiary/aromatic N) is 1. The van der Waals surface area contributed by atoms with E-state index in [1.807, 2.05) is 0 Å². The first kappa shape index (κ1) is 15.8. The van der Waals surface area contributed by atoms with Crippen molar-refractivity contribution in [2.24, 2.45) is 5.14 Å². The second-order valence-electron chi connectivity index (χ2n) is 5.74. The summed E-state index contributed by atoms with van der Waals surface area (Å²) in [6, 6.07) is 15.0. The predicted octanol–water partition coefficient (Wildman–Crippen LogP) is 2.16. The van der Waals surface area contributed by atoms with Crippen LogP contribution in [0.4, 0.5) is 5.69 Å². The van der Waals surface area contributed by atoms with E-state index in [0.717, 1.165) is 13.0 Å². The molecule has 23 heavy (non-hydrogen) atoms. The van der Waals surface area contributed by atoms with Gasteiger partial charge in [-0.15, -0.1) is 0 Å². The molecule has 2 aromatic rings. The smallest absolute Gasteiger partial charge is 0.238 e. The molecule has 2 aromatic carbocycles. The Morgan fingerprint density at radius 2 is 1.87 bits per heavy atom. The highest BCUT2D eigenvalue weighted by atomic mass is 32.2. The first-order valence-corrected chi connectivity index (χ1v) is 9.10. The summed E-state index contributed by atoms with van der Waals surface area (Å²) in [5, 5.41) is 5.07. The first-order valence-electron chi connectivity index (χ1n) is 7.55. The molecule has 0 saturated carbocycles. The van der Waals surface area contributed by atoms with E-state index in [-0.39, 0.29) is 4.90 Å². The van der Waals surface area contributed by atoms with Gasteiger partial charge in [0.25, 0.3) is 0 Å². The normalized spacial score (nSPS) is 17.1. The maximum absolute atomic E-state index is 11.2. The Balaban J connectivity index is 1.60. The van der Waals surface area contributed by atoms with Gasteiger partial charge < -0.3 is 9.64 Å². The van der Waals surface area contributed by atoms with Crippen LogP contribution in [-0.2, 0) is 16.4 Å². The van der Waals surface area contributed by atoms with Crippen molar-refractivity contribution in [1.82, 2.24) is 0 Å². The van der Waals surface area contributed by atoms with Crippen molar-refractivity contribution in [3.63, 3.8) is 0 Å². The highest BCUT2D eigenvalue weighted by Crippen LogP contribution is 2.31. The van der Waals surface area contributed by atoms with E-state index in [9.17, 15) is 8.42 Å². The molecule has 0 unspecified atom stereocenters. The first-order chi connectivity index (χ1) is 10.9. The van der Waals surface area contributed by atoms with Crippen molar-refractivity contribution in [3.8, 4) is 5.75 Å². The van der Waals surface area contributed by atoms with E-state index in [0.29, 0.717) is 18.4 Å². The van der Waals surface area contributed by atoms with Gasteiger partial charge in [0.2, 0.25) is 10.0 Å². The topological polar surface area (TPSA) is 72.6 Å². The van der Waals surface area contributed by atoms with Crippen LogP contribution in [0.3, 0.4) is 0 Å². The second-order valence-corrected chi connectivity index (χ2v) is 7.30. The van der Waals surface area contributed by atoms with Gasteiger partial charge in [-0.3, -0.25) is 0 Å². The summed E-state index contributed by atoms with van der Waals surface area (Å²) in [6.45, 7) is 3.53. The van der Waals surface area contributed by atoms with Gasteiger partial charge in [0.05, 0.1) is 11.4 Å². The summed E-state index contributed by atoms with van der Waals surface area (Å²) in [5.74, 6) is 0.637. The number of nitrogens with two attached hydrogens (primary N) is 1. The Labute approximate surface area is 136 Å². The van der Waals surface area contributed by atoms with E-state index >= 15 is 0 Å². The van der Waals surface area contributed by atoms with E-state index in [2.05, 4.69) is 36.1 Å². The van der Waals surface area contributed by atoms with Crippen molar-refractivity contribution in [2.75, 3.05) is 18.1 Å². The van der Waals surface area contributed by atoms with Gasteiger partial charge in [-0.25, -0.2) is 13.6 Å². The highest BCUT2D eigenvalue weighted by Gasteiger charge is 2.24. The van der Waals surface area contributed by atoms with E-state index in [4.69, 9.17) is 9.88 Å². The largest absolute Gasteiger partial charge is 0.492 e. The maximum Gasteiger partial charge on any atom is 0.238 e. The third-order valence-corrected chi connectivity index (χ3v) is 5.03. The predicted molar refractivity (Wildman–Crippen MR) is 90.3 cm³/mol. The monoisotopic (exact) mass is 332 g/mol. The van der Waals surface area contributed by atoms with Crippen LogP contribution in [0.5, 0.6) is 5.75 Å². The van der Waals surface area contributed by atoms with E-state index in [1.54, 1.807) is 12.1 Å². The van der Waals surface area contributed by atoms with Gasteiger partial charge in [0, 0.05) is 11.7 Å². The zero-order valence-electron chi connectivity index (χ0n) is 13.0. The Morgan fingerprint density at radius 3 is 2.57 bits per heavy atom. The molecule has 1 heterocycles. The molecule has 1 aliphatic heterocycles. The van der Waals surface area contributed by atoms with Crippen LogP contribution in [0, 0.1) is 0 Å². The molecule has 0 spiro atoms. The van der Waals surface area contributed by atoms with Crippen molar-refractivity contribution in [3.05, 3.63) is 54.1 Å². The van der Waals surface area contributed by atoms with Gasteiger partial charge in [0.1, 0.15) is 12.4 Å². The van der Waals surface area contributed by atoms with Gasteiger partial charge in [-0.05, 0) is 49.2 Å². The summed E-state index contributed by atoms with van der Waals surface area (Å²) < 4.78 is 28.2. The highest BCUT2D eigenvalue weighted by molar-refractivity contribution is 7.89. The molecule has 0 aromatic heterocycles. The van der Waals surface area contributed by atoms with Crippen molar-refractivity contribution in [1.29, 1.82) is 0 Å². The molecule has 5 nitrogen and oxygen atoms in total. The summed E-state index contributed by atoms with van der Waals surface area (Å²) in [6.07, 6.45) is 1.05. The third-order valence-electron chi connectivity index (χ3n) is 4.10. The molecule has 1 aliphatic rings. The summed E-state index contributed by atoms with van der Waals surface area (Å²) in [7, 11) is -3.66. The van der Waals surface area contributed by atoms with E-state index < -0.39 is 10.0 Å². The fourth-order valence-corrected chi connectivity index (χ4v) is 3.47. The number of fused-ring (bicyclic) bond motifs is 1. The van der Waals surface area contributed by atoms with Crippen LogP contribution in [0.2, 0.25) is 0 Å². The lowest BCUT2D eigenvalue weighted by Crippen LogP contribution is -2.33. The molecule has 1 atom stereocenters. The van der Waals surface area contributed by atoms with Crippen LogP contribution in [-0.4, -0.2) is 27.6 Å². The standard InChI is InChI=1S/C17H20N2O3S/c1-13-12-14-4-2-3-5-17(14)19(13)10-11-22-15-6-8-16(9-7-15)23(18,20)21/h2-9,13H,10-12H2,1H3,(H2,18,20,21)/t13-/m1/s1. The summed E-state index contributed by atoms with van der Waals surface area (Å²) in [4.78, 5) is 2.43. The van der Waals surface area contributed by atoms with Crippen LogP contribution >= 0.6 is 0 Å².